The molecule has 2 aromatic heterocycles. The number of alkyl halides is 2. The fraction of sp³-hybridized carbons (Fsp3) is 0.412. The van der Waals surface area contributed by atoms with Crippen molar-refractivity contribution in [1.82, 2.24) is 15.1 Å². The molecule has 2 aromatic carbocycles. The lowest BCUT2D eigenvalue weighted by atomic mass is 9.85. The number of nitrogens with one attached hydrogen (secondary N) is 1. The molecule has 0 spiro atoms. The Bertz CT molecular complexity index is 2000. The number of anilines is 1. The van der Waals surface area contributed by atoms with Crippen molar-refractivity contribution >= 4 is 69.3 Å². The first kappa shape index (κ1) is 37.1. The van der Waals surface area contributed by atoms with E-state index in [0.29, 0.717) is 28.8 Å². The second-order valence-corrected chi connectivity index (χ2v) is 16.3. The van der Waals surface area contributed by atoms with E-state index in [-0.39, 0.29) is 41.6 Å². The molecule has 2 unspecified atom stereocenters. The van der Waals surface area contributed by atoms with Gasteiger partial charge in [-0.25, -0.2) is 0 Å². The van der Waals surface area contributed by atoms with E-state index in [9.17, 15) is 32.5 Å². The summed E-state index contributed by atoms with van der Waals surface area (Å²) >= 11 is 0.972. The zero-order valence-corrected chi connectivity index (χ0v) is 29.9. The van der Waals surface area contributed by atoms with Gasteiger partial charge in [-0.05, 0) is 66.1 Å². The number of halogens is 2. The van der Waals surface area contributed by atoms with Gasteiger partial charge in [-0.1, -0.05) is 26.8 Å². The van der Waals surface area contributed by atoms with Crippen molar-refractivity contribution in [2.45, 2.75) is 57.8 Å². The molecule has 5 rings (SSSR count). The maximum atomic E-state index is 14.4. The number of carbonyl (C=O) groups excluding carboxylic acids is 4. The van der Waals surface area contributed by atoms with Crippen molar-refractivity contribution in [1.29, 1.82) is 0 Å². The second-order valence-electron chi connectivity index (χ2n) is 13.6. The molecule has 4 amide bonds. The molecule has 3 heterocycles. The quantitative estimate of drug-likeness (QED) is 0.180. The average molecular weight is 733 g/mol. The molecule has 0 aliphatic carbocycles. The van der Waals surface area contributed by atoms with Crippen LogP contribution in [0.4, 0.5) is 14.5 Å². The van der Waals surface area contributed by atoms with E-state index in [1.807, 2.05) is 0 Å². The Morgan fingerprint density at radius 1 is 1.06 bits per heavy atom. The summed E-state index contributed by atoms with van der Waals surface area (Å²) in [7, 11) is -2.53. The van der Waals surface area contributed by atoms with E-state index in [1.54, 1.807) is 59.1 Å². The van der Waals surface area contributed by atoms with Crippen LogP contribution in [0.15, 0.2) is 59.2 Å². The highest BCUT2D eigenvalue weighted by atomic mass is 32.1. The topological polar surface area (TPSA) is 161 Å². The number of carbonyl (C=O) groups is 4. The van der Waals surface area contributed by atoms with Crippen LogP contribution in [0.25, 0.3) is 21.1 Å². The zero-order valence-electron chi connectivity index (χ0n) is 28.2. The van der Waals surface area contributed by atoms with Gasteiger partial charge in [0.25, 0.3) is 5.91 Å². The molecular formula is C34H39F2N4O8PS. The van der Waals surface area contributed by atoms with Gasteiger partial charge < -0.3 is 34.2 Å². The Hall–Kier alpha value is -4.17. The van der Waals surface area contributed by atoms with Gasteiger partial charge >= 0.3 is 13.3 Å². The monoisotopic (exact) mass is 732 g/mol. The Morgan fingerprint density at radius 2 is 1.78 bits per heavy atom. The van der Waals surface area contributed by atoms with Gasteiger partial charge in [0.2, 0.25) is 17.7 Å². The van der Waals surface area contributed by atoms with Crippen LogP contribution in [0.2, 0.25) is 0 Å². The van der Waals surface area contributed by atoms with Gasteiger partial charge in [-0.3, -0.25) is 23.7 Å². The number of thiophene rings is 1. The highest BCUT2D eigenvalue weighted by Crippen LogP contribution is 2.59. The van der Waals surface area contributed by atoms with E-state index >= 15 is 0 Å². The van der Waals surface area contributed by atoms with Gasteiger partial charge in [-0.2, -0.15) is 8.78 Å². The second kappa shape index (κ2) is 13.9. The fourth-order valence-electron chi connectivity index (χ4n) is 5.91. The molecule has 2 atom stereocenters. The maximum absolute atomic E-state index is 14.4. The summed E-state index contributed by atoms with van der Waals surface area (Å²) in [5, 5.41) is 3.73. The summed E-state index contributed by atoms with van der Waals surface area (Å²) in [6, 6.07) is 9.47. The third kappa shape index (κ3) is 7.46. The number of nitrogens with zero attached hydrogens (tertiary/aromatic N) is 3. The number of amides is 4. The van der Waals surface area contributed by atoms with Crippen molar-refractivity contribution in [2.24, 2.45) is 5.41 Å². The minimum Gasteiger partial charge on any atom is -0.464 e. The minimum absolute atomic E-state index is 0.0527. The van der Waals surface area contributed by atoms with Crippen LogP contribution < -0.4 is 10.2 Å². The summed E-state index contributed by atoms with van der Waals surface area (Å²) in [4.78, 5) is 77.5. The Labute approximate surface area is 291 Å². The van der Waals surface area contributed by atoms with Crippen LogP contribution in [0.3, 0.4) is 0 Å². The van der Waals surface area contributed by atoms with E-state index in [1.165, 1.54) is 33.1 Å². The first-order chi connectivity index (χ1) is 23.3. The van der Waals surface area contributed by atoms with E-state index in [4.69, 9.17) is 14.2 Å². The van der Waals surface area contributed by atoms with Gasteiger partial charge in [0.15, 0.2) is 0 Å². The van der Waals surface area contributed by atoms with Crippen LogP contribution in [-0.2, 0) is 24.6 Å². The molecule has 12 nitrogen and oxygen atoms in total. The maximum Gasteiger partial charge on any atom is 0.399 e. The van der Waals surface area contributed by atoms with Gasteiger partial charge in [-0.15, -0.1) is 11.3 Å². The van der Waals surface area contributed by atoms with E-state index in [2.05, 4.69) is 5.32 Å². The first-order valence-corrected chi connectivity index (χ1v) is 18.3. The number of rotatable bonds is 10. The van der Waals surface area contributed by atoms with Crippen molar-refractivity contribution in [3.63, 3.8) is 0 Å². The molecule has 0 bridgehead atoms. The smallest absolute Gasteiger partial charge is 0.399 e. The van der Waals surface area contributed by atoms with Crippen LogP contribution in [0.5, 0.6) is 0 Å². The largest absolute Gasteiger partial charge is 0.464 e. The molecule has 16 heteroatoms. The number of furan rings is 1. The Morgan fingerprint density at radius 3 is 2.44 bits per heavy atom. The summed E-state index contributed by atoms with van der Waals surface area (Å²) in [5.74, 6) is -1.66. The van der Waals surface area contributed by atoms with Crippen molar-refractivity contribution in [3.05, 3.63) is 65.2 Å². The predicted molar refractivity (Wildman–Crippen MR) is 185 cm³/mol. The molecule has 1 fully saturated rings. The standard InChI is InChI=1S/C34H39F2N4O8PS/c1-33(2,3)29(37-30(42)27-19-21-17-22(8-11-26(21)50-27)34(35,36)49(45,46)47)32(44)40-14-6-7-24(40)31(43)39(15-12-28(41)38(4)5)23-9-10-25-20(18-23)13-16-48-25/h8-11,13,16-19,24,29H,6-7,12,14-15H2,1-5H3,(H,37,42)(H2,45,46,47). The fourth-order valence-corrected chi connectivity index (χ4v) is 7.34. The van der Waals surface area contributed by atoms with E-state index in [0.717, 1.165) is 28.9 Å². The van der Waals surface area contributed by atoms with Crippen molar-refractivity contribution in [2.75, 3.05) is 32.1 Å². The molecule has 0 radical (unpaired) electrons. The predicted octanol–water partition coefficient (Wildman–Crippen LogP) is 5.52. The molecular weight excluding hydrogens is 693 g/mol. The highest BCUT2D eigenvalue weighted by Gasteiger charge is 2.50. The van der Waals surface area contributed by atoms with Crippen LogP contribution >= 0.6 is 18.9 Å². The highest BCUT2D eigenvalue weighted by molar-refractivity contribution is 7.52. The van der Waals surface area contributed by atoms with Crippen LogP contribution in [-0.4, -0.2) is 82.5 Å². The van der Waals surface area contributed by atoms with Crippen LogP contribution in [0, 0.1) is 5.41 Å². The first-order valence-electron chi connectivity index (χ1n) is 15.9. The van der Waals surface area contributed by atoms with E-state index < -0.39 is 48.1 Å². The number of fused-ring (bicyclic) bond motifs is 2. The molecule has 268 valence electrons. The molecule has 1 saturated heterocycles. The molecule has 1 aliphatic heterocycles. The summed E-state index contributed by atoms with van der Waals surface area (Å²) in [6.45, 7) is 5.64. The third-order valence-corrected chi connectivity index (χ3v) is 10.8. The van der Waals surface area contributed by atoms with Gasteiger partial charge in [0.1, 0.15) is 17.7 Å². The van der Waals surface area contributed by atoms with Crippen molar-refractivity contribution < 1.29 is 46.7 Å². The average Bonchev–Trinajstić information content (AvgIpc) is 3.81. The molecule has 50 heavy (non-hydrogen) atoms. The molecule has 3 N–H and O–H groups in total. The van der Waals surface area contributed by atoms with Gasteiger partial charge in [0.05, 0.1) is 11.1 Å². The Kier molecular flexibility index (Phi) is 10.3. The molecule has 1 aliphatic rings. The summed E-state index contributed by atoms with van der Waals surface area (Å²) in [5.41, 5.74) is -4.95. The minimum atomic E-state index is -5.80. The lowest BCUT2D eigenvalue weighted by Gasteiger charge is -2.36. The lowest BCUT2D eigenvalue weighted by molar-refractivity contribution is -0.141. The number of hydrogen-bond donors (Lipinski definition) is 3. The summed E-state index contributed by atoms with van der Waals surface area (Å²) < 4.78 is 46.0. The normalized spacial score (nSPS) is 16.1. The third-order valence-electron chi connectivity index (χ3n) is 8.72. The Balaban J connectivity index is 1.40. The molecule has 0 saturated carbocycles. The van der Waals surface area contributed by atoms with Gasteiger partial charge in [0, 0.05) is 54.9 Å². The summed E-state index contributed by atoms with van der Waals surface area (Å²) in [6.07, 6.45) is 2.50. The zero-order chi connectivity index (χ0) is 36.8. The van der Waals surface area contributed by atoms with Crippen LogP contribution in [0.1, 0.15) is 55.3 Å². The van der Waals surface area contributed by atoms with Crippen molar-refractivity contribution in [3.8, 4) is 0 Å². The number of hydrogen-bond acceptors (Lipinski definition) is 7. The number of likely N-dealkylation sites (tertiary alicyclic amines) is 1. The number of benzene rings is 2. The lowest BCUT2D eigenvalue weighted by Crippen LogP contribution is -2.58. The SMILES string of the molecule is CN(C)C(=O)CCN(C(=O)C1CCCN1C(=O)C(NC(=O)c1cc2cc(C(F)(F)P(=O)(O)O)ccc2s1)C(C)(C)C)c1ccc2occc2c1. The molecule has 4 aromatic rings.